The molecule has 0 bridgehead atoms. The van der Waals surface area contributed by atoms with E-state index in [1.54, 1.807) is 13.0 Å². The topological polar surface area (TPSA) is 40.9 Å². The van der Waals surface area contributed by atoms with Gasteiger partial charge in [0.25, 0.3) is 0 Å². The standard InChI is InChI=1S/C8H7N2O/c1-6-9-7-4-2-3-5-8(7)10(6)11/h2-5H,1H3/q-1. The zero-order valence-corrected chi connectivity index (χ0v) is 6.11. The normalized spacial score (nSPS) is 10.6. The molecular formula is C8H7N2O-. The molecule has 2 rings (SSSR count). The van der Waals surface area contributed by atoms with Crippen LogP contribution in [0.25, 0.3) is 11.0 Å². The minimum Gasteiger partial charge on any atom is -0.804 e. The van der Waals surface area contributed by atoms with Crippen molar-refractivity contribution in [2.75, 3.05) is 0 Å². The van der Waals surface area contributed by atoms with Crippen molar-refractivity contribution in [2.24, 2.45) is 0 Å². The van der Waals surface area contributed by atoms with Gasteiger partial charge in [-0.2, -0.15) is 0 Å². The first kappa shape index (κ1) is 6.22. The van der Waals surface area contributed by atoms with Crippen LogP contribution in [-0.2, 0) is 0 Å². The van der Waals surface area contributed by atoms with Gasteiger partial charge in [0.2, 0.25) is 0 Å². The second kappa shape index (κ2) is 1.99. The molecule has 0 fully saturated rings. The third-order valence-corrected chi connectivity index (χ3v) is 1.68. The number of nitrogens with zero attached hydrogens (tertiary/aromatic N) is 2. The summed E-state index contributed by atoms with van der Waals surface area (Å²) in [5.41, 5.74) is 1.41. The van der Waals surface area contributed by atoms with Gasteiger partial charge in [0.15, 0.2) is 0 Å². The number of benzene rings is 1. The Hall–Kier alpha value is -1.51. The Balaban J connectivity index is 2.92. The maximum atomic E-state index is 11.2. The highest BCUT2D eigenvalue weighted by Gasteiger charge is 1.97. The number of aromatic nitrogens is 2. The van der Waals surface area contributed by atoms with Crippen LogP contribution in [0.15, 0.2) is 24.3 Å². The monoisotopic (exact) mass is 147 g/mol. The molecule has 0 aliphatic rings. The Morgan fingerprint density at radius 2 is 2.09 bits per heavy atom. The van der Waals surface area contributed by atoms with Crippen molar-refractivity contribution in [2.45, 2.75) is 6.92 Å². The van der Waals surface area contributed by atoms with Gasteiger partial charge in [-0.05, 0) is 19.1 Å². The molecular weight excluding hydrogens is 140 g/mol. The average molecular weight is 147 g/mol. The average Bonchev–Trinajstić information content (AvgIpc) is 2.30. The molecule has 0 saturated carbocycles. The molecule has 0 spiro atoms. The van der Waals surface area contributed by atoms with E-state index in [2.05, 4.69) is 4.98 Å². The molecule has 0 radical (unpaired) electrons. The third kappa shape index (κ3) is 0.774. The van der Waals surface area contributed by atoms with Gasteiger partial charge in [0.1, 0.15) is 5.82 Å². The number of rotatable bonds is 0. The highest BCUT2D eigenvalue weighted by atomic mass is 16.5. The molecule has 1 aromatic carbocycles. The van der Waals surface area contributed by atoms with E-state index < -0.39 is 0 Å². The van der Waals surface area contributed by atoms with Crippen LogP contribution in [0, 0.1) is 12.1 Å². The molecule has 11 heavy (non-hydrogen) atoms. The molecule has 0 N–H and O–H groups in total. The predicted octanol–water partition coefficient (Wildman–Crippen LogP) is 1.69. The fourth-order valence-electron chi connectivity index (χ4n) is 1.12. The van der Waals surface area contributed by atoms with Gasteiger partial charge in [0.05, 0.1) is 11.0 Å². The lowest BCUT2D eigenvalue weighted by atomic mass is 10.3. The summed E-state index contributed by atoms with van der Waals surface area (Å²) < 4.78 is 0.843. The predicted molar refractivity (Wildman–Crippen MR) is 43.2 cm³/mol. The lowest BCUT2D eigenvalue weighted by Gasteiger charge is -2.07. The second-order valence-corrected chi connectivity index (χ2v) is 2.44. The summed E-state index contributed by atoms with van der Waals surface area (Å²) in [6.07, 6.45) is 0. The molecule has 2 aromatic rings. The van der Waals surface area contributed by atoms with Crippen LogP contribution in [0.3, 0.4) is 0 Å². The van der Waals surface area contributed by atoms with Gasteiger partial charge in [-0.3, -0.25) is 0 Å². The SMILES string of the molecule is Cc1nc2ccccc2n1[O-]. The van der Waals surface area contributed by atoms with E-state index in [4.69, 9.17) is 0 Å². The first-order chi connectivity index (χ1) is 5.29. The summed E-state index contributed by atoms with van der Waals surface area (Å²) >= 11 is 0. The third-order valence-electron chi connectivity index (χ3n) is 1.68. The molecule has 0 aliphatic heterocycles. The first-order valence-electron chi connectivity index (χ1n) is 3.40. The molecule has 0 amide bonds. The van der Waals surface area contributed by atoms with Crippen LogP contribution in [-0.4, -0.2) is 9.71 Å². The molecule has 0 saturated heterocycles. The lowest BCUT2D eigenvalue weighted by molar-refractivity contribution is 1.01. The number of hydrogen-bond acceptors (Lipinski definition) is 2. The van der Waals surface area contributed by atoms with Gasteiger partial charge in [0, 0.05) is 0 Å². The van der Waals surface area contributed by atoms with E-state index in [9.17, 15) is 5.21 Å². The van der Waals surface area contributed by atoms with Crippen LogP contribution < -0.4 is 0 Å². The second-order valence-electron chi connectivity index (χ2n) is 2.44. The number of fused-ring (bicyclic) bond motifs is 1. The minimum atomic E-state index is 0.506. The minimum absolute atomic E-state index is 0.506. The molecule has 56 valence electrons. The Morgan fingerprint density at radius 1 is 1.36 bits per heavy atom. The molecule has 0 aliphatic carbocycles. The van der Waals surface area contributed by atoms with Crippen molar-refractivity contribution in [1.29, 1.82) is 0 Å². The quantitative estimate of drug-likeness (QED) is 0.569. The van der Waals surface area contributed by atoms with Crippen LogP contribution in [0.2, 0.25) is 0 Å². The van der Waals surface area contributed by atoms with E-state index in [0.29, 0.717) is 11.3 Å². The summed E-state index contributed by atoms with van der Waals surface area (Å²) in [5, 5.41) is 11.2. The summed E-state index contributed by atoms with van der Waals surface area (Å²) in [6.45, 7) is 1.70. The Bertz CT molecular complexity index is 392. The van der Waals surface area contributed by atoms with Crippen molar-refractivity contribution in [3.8, 4) is 0 Å². The van der Waals surface area contributed by atoms with Crippen molar-refractivity contribution in [1.82, 2.24) is 9.71 Å². The molecule has 1 aromatic heterocycles. The van der Waals surface area contributed by atoms with Crippen molar-refractivity contribution in [3.05, 3.63) is 35.3 Å². The van der Waals surface area contributed by atoms with Gasteiger partial charge in [-0.15, -0.1) is 0 Å². The van der Waals surface area contributed by atoms with Crippen molar-refractivity contribution < 1.29 is 0 Å². The number of aryl methyl sites for hydroxylation is 1. The Morgan fingerprint density at radius 3 is 2.82 bits per heavy atom. The summed E-state index contributed by atoms with van der Waals surface area (Å²) in [5.74, 6) is 0.506. The largest absolute Gasteiger partial charge is 0.804 e. The number of imidazole rings is 1. The fourth-order valence-corrected chi connectivity index (χ4v) is 1.12. The molecule has 1 heterocycles. The van der Waals surface area contributed by atoms with Gasteiger partial charge in [-0.1, -0.05) is 12.1 Å². The molecule has 0 unspecified atom stereocenters. The Labute approximate surface area is 63.9 Å². The molecule has 3 heteroatoms. The van der Waals surface area contributed by atoms with Gasteiger partial charge >= 0.3 is 0 Å². The lowest BCUT2D eigenvalue weighted by Crippen LogP contribution is -1.87. The zero-order chi connectivity index (χ0) is 7.84. The zero-order valence-electron chi connectivity index (χ0n) is 6.11. The smallest absolute Gasteiger partial charge is 0.102 e. The highest BCUT2D eigenvalue weighted by Crippen LogP contribution is 2.12. The maximum Gasteiger partial charge on any atom is 0.102 e. The Kier molecular flexibility index (Phi) is 1.12. The van der Waals surface area contributed by atoms with E-state index in [1.165, 1.54) is 0 Å². The van der Waals surface area contributed by atoms with E-state index >= 15 is 0 Å². The number of para-hydroxylation sites is 2. The summed E-state index contributed by atoms with van der Waals surface area (Å²) in [6, 6.07) is 7.30. The van der Waals surface area contributed by atoms with Gasteiger partial charge < -0.3 is 9.94 Å². The van der Waals surface area contributed by atoms with Crippen LogP contribution in [0.1, 0.15) is 5.82 Å². The molecule has 0 atom stereocenters. The number of hydrogen-bond donors (Lipinski definition) is 0. The molecule has 3 nitrogen and oxygen atoms in total. The highest BCUT2D eigenvalue weighted by molar-refractivity contribution is 5.76. The van der Waals surface area contributed by atoms with E-state index in [1.807, 2.05) is 18.2 Å². The van der Waals surface area contributed by atoms with Crippen LogP contribution in [0.4, 0.5) is 0 Å². The van der Waals surface area contributed by atoms with E-state index in [-0.39, 0.29) is 0 Å². The first-order valence-corrected chi connectivity index (χ1v) is 3.40. The van der Waals surface area contributed by atoms with Crippen LogP contribution >= 0.6 is 0 Å². The van der Waals surface area contributed by atoms with Crippen LogP contribution in [0.5, 0.6) is 0 Å². The van der Waals surface area contributed by atoms with Crippen molar-refractivity contribution in [3.63, 3.8) is 0 Å². The van der Waals surface area contributed by atoms with Gasteiger partial charge in [-0.25, -0.2) is 4.98 Å². The summed E-state index contributed by atoms with van der Waals surface area (Å²) in [7, 11) is 0. The van der Waals surface area contributed by atoms with E-state index in [0.717, 1.165) is 10.2 Å². The van der Waals surface area contributed by atoms with Crippen molar-refractivity contribution >= 4 is 11.0 Å². The maximum absolute atomic E-state index is 11.2. The summed E-state index contributed by atoms with van der Waals surface area (Å²) in [4.78, 5) is 4.06. The fraction of sp³-hybridized carbons (Fsp3) is 0.125.